The quantitative estimate of drug-likeness (QED) is 0.444. The van der Waals surface area contributed by atoms with Crippen LogP contribution in [0.2, 0.25) is 0 Å². The Balaban J connectivity index is 1.61. The van der Waals surface area contributed by atoms with E-state index in [0.717, 1.165) is 31.2 Å². The van der Waals surface area contributed by atoms with Gasteiger partial charge in [-0.3, -0.25) is 4.99 Å². The number of furan rings is 1. The van der Waals surface area contributed by atoms with Crippen molar-refractivity contribution >= 4 is 5.96 Å². The third-order valence-electron chi connectivity index (χ3n) is 3.75. The van der Waals surface area contributed by atoms with Crippen molar-refractivity contribution < 1.29 is 9.15 Å². The summed E-state index contributed by atoms with van der Waals surface area (Å²) >= 11 is 0. The minimum atomic E-state index is 0.521. The lowest BCUT2D eigenvalue weighted by molar-refractivity contribution is 0.105. The normalized spacial score (nSPS) is 11.5. The molecule has 0 amide bonds. The van der Waals surface area contributed by atoms with Crippen molar-refractivity contribution in [2.75, 3.05) is 20.2 Å². The van der Waals surface area contributed by atoms with E-state index in [1.54, 1.807) is 13.3 Å². The summed E-state index contributed by atoms with van der Waals surface area (Å²) in [4.78, 5) is 4.25. The minimum absolute atomic E-state index is 0.521. The van der Waals surface area contributed by atoms with Crippen LogP contribution < -0.4 is 10.6 Å². The van der Waals surface area contributed by atoms with E-state index in [4.69, 9.17) is 9.15 Å². The molecular weight excluding hydrogens is 302 g/mol. The molecule has 130 valence electrons. The molecule has 0 unspecified atom stereocenters. The maximum Gasteiger partial charge on any atom is 0.191 e. The van der Waals surface area contributed by atoms with Gasteiger partial charge in [0.15, 0.2) is 5.96 Å². The van der Waals surface area contributed by atoms with Crippen molar-refractivity contribution in [3.05, 3.63) is 59.0 Å². The second-order valence-electron chi connectivity index (χ2n) is 5.77. The lowest BCUT2D eigenvalue weighted by Crippen LogP contribution is -2.37. The molecule has 5 heteroatoms. The zero-order valence-electron chi connectivity index (χ0n) is 14.8. The first-order chi connectivity index (χ1) is 11.7. The minimum Gasteiger partial charge on any atom is -0.467 e. The predicted molar refractivity (Wildman–Crippen MR) is 97.1 cm³/mol. The molecule has 2 rings (SSSR count). The second kappa shape index (κ2) is 9.78. The predicted octanol–water partition coefficient (Wildman–Crippen LogP) is 3.17. The Bertz CT molecular complexity index is 636. The van der Waals surface area contributed by atoms with Crippen LogP contribution in [0.3, 0.4) is 0 Å². The Hall–Kier alpha value is -2.27. The van der Waals surface area contributed by atoms with Crippen molar-refractivity contribution in [2.45, 2.75) is 33.4 Å². The van der Waals surface area contributed by atoms with Crippen LogP contribution in [-0.4, -0.2) is 26.2 Å². The standard InChI is InChI=1S/C19H27N3O2/c1-15-7-8-17(16(2)12-15)13-22-19(20-3)21-9-5-10-23-14-18-6-4-11-24-18/h4,6-8,11-12H,5,9-10,13-14H2,1-3H3,(H2,20,21,22). The summed E-state index contributed by atoms with van der Waals surface area (Å²) in [7, 11) is 1.78. The summed E-state index contributed by atoms with van der Waals surface area (Å²) in [5.74, 6) is 1.66. The number of rotatable bonds is 8. The average molecular weight is 329 g/mol. The molecule has 1 aromatic heterocycles. The van der Waals surface area contributed by atoms with E-state index in [1.165, 1.54) is 16.7 Å². The van der Waals surface area contributed by atoms with Gasteiger partial charge >= 0.3 is 0 Å². The van der Waals surface area contributed by atoms with Crippen LogP contribution in [0.5, 0.6) is 0 Å². The third kappa shape index (κ3) is 6.08. The zero-order chi connectivity index (χ0) is 17.2. The van der Waals surface area contributed by atoms with Gasteiger partial charge in [0, 0.05) is 26.7 Å². The van der Waals surface area contributed by atoms with Crippen molar-refractivity contribution in [2.24, 2.45) is 4.99 Å². The van der Waals surface area contributed by atoms with Crippen LogP contribution in [0.15, 0.2) is 46.0 Å². The van der Waals surface area contributed by atoms with Gasteiger partial charge in [0.1, 0.15) is 12.4 Å². The van der Waals surface area contributed by atoms with Crippen LogP contribution in [0, 0.1) is 13.8 Å². The average Bonchev–Trinajstić information content (AvgIpc) is 3.08. The van der Waals surface area contributed by atoms with Gasteiger partial charge in [0.05, 0.1) is 6.26 Å². The summed E-state index contributed by atoms with van der Waals surface area (Å²) in [5, 5.41) is 6.64. The smallest absolute Gasteiger partial charge is 0.191 e. The highest BCUT2D eigenvalue weighted by Crippen LogP contribution is 2.09. The third-order valence-corrected chi connectivity index (χ3v) is 3.75. The molecule has 0 saturated carbocycles. The monoisotopic (exact) mass is 329 g/mol. The number of aryl methyl sites for hydroxylation is 2. The first-order valence-electron chi connectivity index (χ1n) is 8.30. The molecule has 5 nitrogen and oxygen atoms in total. The van der Waals surface area contributed by atoms with Gasteiger partial charge in [-0.2, -0.15) is 0 Å². The summed E-state index contributed by atoms with van der Waals surface area (Å²) in [6, 6.07) is 10.3. The number of hydrogen-bond acceptors (Lipinski definition) is 3. The number of nitrogens with one attached hydrogen (secondary N) is 2. The Morgan fingerprint density at radius 1 is 1.21 bits per heavy atom. The molecule has 2 aromatic rings. The largest absolute Gasteiger partial charge is 0.467 e. The highest BCUT2D eigenvalue weighted by atomic mass is 16.5. The van der Waals surface area contributed by atoms with Crippen molar-refractivity contribution in [3.8, 4) is 0 Å². The SMILES string of the molecule is CN=C(NCCCOCc1ccco1)NCc1ccc(C)cc1C. The number of hydrogen-bond donors (Lipinski definition) is 2. The van der Waals surface area contributed by atoms with Gasteiger partial charge in [-0.1, -0.05) is 23.8 Å². The highest BCUT2D eigenvalue weighted by molar-refractivity contribution is 5.79. The van der Waals surface area contributed by atoms with E-state index in [0.29, 0.717) is 13.2 Å². The maximum absolute atomic E-state index is 5.56. The lowest BCUT2D eigenvalue weighted by Gasteiger charge is -2.13. The molecule has 0 atom stereocenters. The fourth-order valence-corrected chi connectivity index (χ4v) is 2.39. The van der Waals surface area contributed by atoms with Crippen molar-refractivity contribution in [1.82, 2.24) is 10.6 Å². The van der Waals surface area contributed by atoms with Gasteiger partial charge in [0.25, 0.3) is 0 Å². The van der Waals surface area contributed by atoms with Crippen LogP contribution in [0.1, 0.15) is 28.9 Å². The van der Waals surface area contributed by atoms with E-state index in [1.807, 2.05) is 12.1 Å². The molecule has 0 aliphatic rings. The molecule has 24 heavy (non-hydrogen) atoms. The Morgan fingerprint density at radius 2 is 2.08 bits per heavy atom. The Kier molecular flexibility index (Phi) is 7.36. The molecular formula is C19H27N3O2. The molecule has 0 aliphatic carbocycles. The van der Waals surface area contributed by atoms with Gasteiger partial charge < -0.3 is 19.8 Å². The van der Waals surface area contributed by atoms with E-state index >= 15 is 0 Å². The number of nitrogens with zero attached hydrogens (tertiary/aromatic N) is 1. The fraction of sp³-hybridized carbons (Fsp3) is 0.421. The van der Waals surface area contributed by atoms with E-state index in [-0.39, 0.29) is 0 Å². The van der Waals surface area contributed by atoms with Crippen LogP contribution in [-0.2, 0) is 17.9 Å². The highest BCUT2D eigenvalue weighted by Gasteiger charge is 2.01. The number of guanidine groups is 1. The molecule has 1 heterocycles. The van der Waals surface area contributed by atoms with E-state index < -0.39 is 0 Å². The van der Waals surface area contributed by atoms with Gasteiger partial charge in [0.2, 0.25) is 0 Å². The summed E-state index contributed by atoms with van der Waals surface area (Å²) in [6.07, 6.45) is 2.57. The van der Waals surface area contributed by atoms with Crippen LogP contribution in [0.25, 0.3) is 0 Å². The van der Waals surface area contributed by atoms with Crippen LogP contribution in [0.4, 0.5) is 0 Å². The molecule has 0 bridgehead atoms. The van der Waals surface area contributed by atoms with Crippen molar-refractivity contribution in [3.63, 3.8) is 0 Å². The van der Waals surface area contributed by atoms with Gasteiger partial charge in [-0.05, 0) is 43.5 Å². The Labute approximate surface area is 144 Å². The molecule has 0 fully saturated rings. The summed E-state index contributed by atoms with van der Waals surface area (Å²) in [6.45, 7) is 7.02. The first-order valence-corrected chi connectivity index (χ1v) is 8.30. The molecule has 0 saturated heterocycles. The molecule has 0 aliphatic heterocycles. The van der Waals surface area contributed by atoms with E-state index in [9.17, 15) is 0 Å². The molecule has 1 aromatic carbocycles. The van der Waals surface area contributed by atoms with Gasteiger partial charge in [-0.15, -0.1) is 0 Å². The number of benzene rings is 1. The van der Waals surface area contributed by atoms with E-state index in [2.05, 4.69) is 47.7 Å². The summed E-state index contributed by atoms with van der Waals surface area (Å²) in [5.41, 5.74) is 3.86. The van der Waals surface area contributed by atoms with Crippen molar-refractivity contribution in [1.29, 1.82) is 0 Å². The second-order valence-corrected chi connectivity index (χ2v) is 5.77. The molecule has 0 spiro atoms. The molecule has 0 radical (unpaired) electrons. The fourth-order valence-electron chi connectivity index (χ4n) is 2.39. The number of aliphatic imine (C=N–C) groups is 1. The van der Waals surface area contributed by atoms with Gasteiger partial charge in [-0.25, -0.2) is 0 Å². The zero-order valence-corrected chi connectivity index (χ0v) is 14.8. The topological polar surface area (TPSA) is 58.8 Å². The lowest BCUT2D eigenvalue weighted by atomic mass is 10.1. The molecule has 2 N–H and O–H groups in total. The summed E-state index contributed by atoms with van der Waals surface area (Å²) < 4.78 is 10.8. The maximum atomic E-state index is 5.56. The Morgan fingerprint density at radius 3 is 2.79 bits per heavy atom. The number of ether oxygens (including phenoxy) is 1. The van der Waals surface area contributed by atoms with Crippen LogP contribution >= 0.6 is 0 Å². The first kappa shape index (κ1) is 18.1.